The number of halogens is 1. The summed E-state index contributed by atoms with van der Waals surface area (Å²) in [5.41, 5.74) is 1.06. The van der Waals surface area contributed by atoms with Crippen LogP contribution in [0.4, 0.5) is 4.39 Å². The fraction of sp³-hybridized carbons (Fsp3) is 0.600. The van der Waals surface area contributed by atoms with E-state index in [1.54, 1.807) is 12.1 Å². The Morgan fingerprint density at radius 2 is 1.90 bits per heavy atom. The van der Waals surface area contributed by atoms with Crippen molar-refractivity contribution in [1.29, 1.82) is 0 Å². The van der Waals surface area contributed by atoms with Crippen molar-refractivity contribution in [1.82, 2.24) is 5.32 Å². The normalized spacial score (nSPS) is 26.6. The third kappa shape index (κ3) is 3.04. The van der Waals surface area contributed by atoms with Gasteiger partial charge < -0.3 is 5.32 Å². The van der Waals surface area contributed by atoms with Gasteiger partial charge in [0.1, 0.15) is 5.82 Å². The van der Waals surface area contributed by atoms with Crippen LogP contribution in [0.5, 0.6) is 0 Å². The molecule has 0 radical (unpaired) electrons. The number of benzene rings is 1. The summed E-state index contributed by atoms with van der Waals surface area (Å²) in [7, 11) is -2.90. The van der Waals surface area contributed by atoms with Crippen LogP contribution < -0.4 is 5.32 Å². The lowest BCUT2D eigenvalue weighted by Gasteiger charge is -2.21. The van der Waals surface area contributed by atoms with Crippen LogP contribution in [0.2, 0.25) is 0 Å². The van der Waals surface area contributed by atoms with Crippen molar-refractivity contribution >= 4 is 9.84 Å². The van der Waals surface area contributed by atoms with Crippen molar-refractivity contribution in [3.63, 3.8) is 0 Å². The molecule has 0 bridgehead atoms. The Kier molecular flexibility index (Phi) is 3.82. The van der Waals surface area contributed by atoms with Gasteiger partial charge in [0, 0.05) is 12.6 Å². The summed E-state index contributed by atoms with van der Waals surface area (Å²) in [6.07, 6.45) is 3.86. The van der Waals surface area contributed by atoms with Crippen LogP contribution in [0.3, 0.4) is 0 Å². The zero-order chi connectivity index (χ0) is 14.2. The van der Waals surface area contributed by atoms with E-state index in [4.69, 9.17) is 0 Å². The highest BCUT2D eigenvalue weighted by atomic mass is 32.2. The molecule has 5 heteroatoms. The predicted molar refractivity (Wildman–Crippen MR) is 76.7 cm³/mol. The lowest BCUT2D eigenvalue weighted by molar-refractivity contribution is 0.470. The lowest BCUT2D eigenvalue weighted by atomic mass is 10.0. The van der Waals surface area contributed by atoms with Crippen LogP contribution in [-0.4, -0.2) is 26.0 Å². The van der Waals surface area contributed by atoms with E-state index < -0.39 is 9.84 Å². The predicted octanol–water partition coefficient (Wildman–Crippen LogP) is 2.44. The molecule has 0 spiro atoms. The molecule has 0 amide bonds. The number of hydrogen-bond acceptors (Lipinski definition) is 3. The molecule has 1 heterocycles. The zero-order valence-electron chi connectivity index (χ0n) is 11.4. The largest absolute Gasteiger partial charge is 0.308 e. The molecular formula is C15H20FNO2S. The van der Waals surface area contributed by atoms with Crippen LogP contribution in [0.1, 0.15) is 37.3 Å². The smallest absolute Gasteiger partial charge is 0.154 e. The van der Waals surface area contributed by atoms with E-state index in [1.807, 2.05) is 0 Å². The van der Waals surface area contributed by atoms with Crippen molar-refractivity contribution in [3.05, 3.63) is 35.6 Å². The van der Waals surface area contributed by atoms with Crippen molar-refractivity contribution in [3.8, 4) is 0 Å². The van der Waals surface area contributed by atoms with E-state index in [0.29, 0.717) is 18.2 Å². The fourth-order valence-corrected chi connectivity index (χ4v) is 4.78. The Labute approximate surface area is 119 Å². The average Bonchev–Trinajstić information content (AvgIpc) is 3.18. The molecule has 1 saturated heterocycles. The quantitative estimate of drug-likeness (QED) is 0.908. The van der Waals surface area contributed by atoms with Crippen LogP contribution in [0.15, 0.2) is 24.3 Å². The fourth-order valence-electron chi connectivity index (χ4n) is 3.00. The molecule has 2 unspecified atom stereocenters. The number of rotatable bonds is 5. The maximum atomic E-state index is 13.0. The highest BCUT2D eigenvalue weighted by Gasteiger charge is 2.35. The summed E-state index contributed by atoms with van der Waals surface area (Å²) in [6.45, 7) is 0.515. The molecule has 1 aliphatic heterocycles. The van der Waals surface area contributed by atoms with Gasteiger partial charge in [-0.25, -0.2) is 12.8 Å². The van der Waals surface area contributed by atoms with Gasteiger partial charge in [0.15, 0.2) is 9.84 Å². The number of sulfone groups is 1. The first kappa shape index (κ1) is 14.0. The lowest BCUT2D eigenvalue weighted by Crippen LogP contribution is -2.34. The number of nitrogens with one attached hydrogen (secondary N) is 1. The van der Waals surface area contributed by atoms with E-state index in [0.717, 1.165) is 31.2 Å². The van der Waals surface area contributed by atoms with Crippen LogP contribution in [0.25, 0.3) is 0 Å². The summed E-state index contributed by atoms with van der Waals surface area (Å²) in [4.78, 5) is 0. The van der Waals surface area contributed by atoms with Crippen LogP contribution in [0, 0.1) is 11.7 Å². The Hall–Kier alpha value is -0.940. The molecule has 1 aliphatic carbocycles. The first-order valence-electron chi connectivity index (χ1n) is 7.27. The third-order valence-electron chi connectivity index (χ3n) is 4.35. The molecule has 1 saturated carbocycles. The first-order valence-corrected chi connectivity index (χ1v) is 8.98. The maximum Gasteiger partial charge on any atom is 0.154 e. The average molecular weight is 297 g/mol. The van der Waals surface area contributed by atoms with Crippen LogP contribution >= 0.6 is 0 Å². The summed E-state index contributed by atoms with van der Waals surface area (Å²) >= 11 is 0. The highest BCUT2D eigenvalue weighted by Crippen LogP contribution is 2.41. The molecule has 3 nitrogen and oxygen atoms in total. The molecule has 2 fully saturated rings. The van der Waals surface area contributed by atoms with E-state index in [9.17, 15) is 12.8 Å². The van der Waals surface area contributed by atoms with Gasteiger partial charge in [0.2, 0.25) is 0 Å². The Morgan fingerprint density at radius 1 is 1.20 bits per heavy atom. The van der Waals surface area contributed by atoms with Crippen molar-refractivity contribution in [2.75, 3.05) is 12.3 Å². The zero-order valence-corrected chi connectivity index (χ0v) is 12.2. The second-order valence-electron chi connectivity index (χ2n) is 5.91. The van der Waals surface area contributed by atoms with Gasteiger partial charge in [-0.1, -0.05) is 12.1 Å². The molecule has 1 N–H and O–H groups in total. The molecule has 2 atom stereocenters. The molecule has 1 aromatic carbocycles. The third-order valence-corrected chi connectivity index (χ3v) is 6.63. The molecule has 20 heavy (non-hydrogen) atoms. The van der Waals surface area contributed by atoms with Gasteiger partial charge in [0.05, 0.1) is 11.0 Å². The minimum atomic E-state index is -2.90. The van der Waals surface area contributed by atoms with Gasteiger partial charge in [0.25, 0.3) is 0 Å². The minimum Gasteiger partial charge on any atom is -0.308 e. The van der Waals surface area contributed by atoms with Crippen molar-refractivity contribution in [2.24, 2.45) is 5.92 Å². The van der Waals surface area contributed by atoms with E-state index >= 15 is 0 Å². The Bertz CT molecular complexity index is 566. The minimum absolute atomic E-state index is 0.159. The summed E-state index contributed by atoms with van der Waals surface area (Å²) in [6, 6.07) is 6.70. The van der Waals surface area contributed by atoms with Crippen molar-refractivity contribution in [2.45, 2.75) is 37.0 Å². The van der Waals surface area contributed by atoms with E-state index in [2.05, 4.69) is 5.32 Å². The summed E-state index contributed by atoms with van der Waals surface area (Å²) in [5.74, 6) is 0.649. The van der Waals surface area contributed by atoms with E-state index in [1.165, 1.54) is 12.1 Å². The van der Waals surface area contributed by atoms with Gasteiger partial charge in [-0.05, 0) is 49.3 Å². The summed E-state index contributed by atoms with van der Waals surface area (Å²) < 4.78 is 36.7. The van der Waals surface area contributed by atoms with Gasteiger partial charge in [-0.3, -0.25) is 0 Å². The standard InChI is InChI=1S/C15H20FNO2S/c16-13-7-5-12(6-8-13)15(11-3-4-11)17-10-14-2-1-9-20(14,18)19/h5-8,11,14-15,17H,1-4,9-10H2. The SMILES string of the molecule is O=S1(=O)CCCC1CNC(c1ccc(F)cc1)C1CC1. The maximum absolute atomic E-state index is 13.0. The monoisotopic (exact) mass is 297 g/mol. The second kappa shape index (κ2) is 5.45. The van der Waals surface area contributed by atoms with E-state index in [-0.39, 0.29) is 17.1 Å². The van der Waals surface area contributed by atoms with Gasteiger partial charge in [-0.2, -0.15) is 0 Å². The molecular weight excluding hydrogens is 277 g/mol. The van der Waals surface area contributed by atoms with Crippen LogP contribution in [-0.2, 0) is 9.84 Å². The topological polar surface area (TPSA) is 46.2 Å². The number of hydrogen-bond donors (Lipinski definition) is 1. The summed E-state index contributed by atoms with van der Waals surface area (Å²) in [5, 5.41) is 3.17. The Morgan fingerprint density at radius 3 is 2.45 bits per heavy atom. The molecule has 3 rings (SSSR count). The molecule has 0 aromatic heterocycles. The highest BCUT2D eigenvalue weighted by molar-refractivity contribution is 7.92. The second-order valence-corrected chi connectivity index (χ2v) is 8.31. The molecule has 110 valence electrons. The molecule has 1 aromatic rings. The molecule has 2 aliphatic rings. The Balaban J connectivity index is 1.68. The van der Waals surface area contributed by atoms with Crippen molar-refractivity contribution < 1.29 is 12.8 Å². The first-order chi connectivity index (χ1) is 9.56. The van der Waals surface area contributed by atoms with Gasteiger partial charge >= 0.3 is 0 Å². The van der Waals surface area contributed by atoms with Gasteiger partial charge in [-0.15, -0.1) is 0 Å².